The lowest BCUT2D eigenvalue weighted by molar-refractivity contribution is 0.670. The standard InChI is InChI=1S/C59H37NO/c1-3-17-38(18-4-1)39-33-35-42(36-34-39)60(54-32-15-26-47-55-43-22-8-7-21-41(43)37-48(58(55)61-57(47)54)40-19-5-2-6-20-40)53-31-16-30-52-56(53)46-25-11-14-29-51(46)59(52)49-27-12-9-23-44(49)45-24-10-13-28-50(45)59/h1-37H. The Morgan fingerprint density at radius 1 is 0.344 bits per heavy atom. The predicted octanol–water partition coefficient (Wildman–Crippen LogP) is 15.9. The number of fused-ring (bicyclic) bond motifs is 15. The molecule has 11 aromatic rings. The van der Waals surface area contributed by atoms with Crippen molar-refractivity contribution in [3.63, 3.8) is 0 Å². The van der Waals surface area contributed by atoms with Gasteiger partial charge < -0.3 is 9.32 Å². The minimum Gasteiger partial charge on any atom is -0.453 e. The molecule has 0 radical (unpaired) electrons. The molecule has 1 spiro atoms. The molecule has 0 fully saturated rings. The second-order valence-electron chi connectivity index (χ2n) is 16.3. The molecule has 2 aliphatic rings. The maximum atomic E-state index is 7.33. The summed E-state index contributed by atoms with van der Waals surface area (Å²) in [5.41, 5.74) is 19.4. The Bertz CT molecular complexity index is 3480. The Morgan fingerprint density at radius 2 is 0.869 bits per heavy atom. The number of furan rings is 1. The topological polar surface area (TPSA) is 16.4 Å². The highest BCUT2D eigenvalue weighted by Gasteiger charge is 2.52. The molecule has 2 aliphatic carbocycles. The van der Waals surface area contributed by atoms with Gasteiger partial charge in [-0.3, -0.25) is 0 Å². The Labute approximate surface area is 354 Å². The molecular weight excluding hydrogens is 739 g/mol. The summed E-state index contributed by atoms with van der Waals surface area (Å²) in [5.74, 6) is 0. The predicted molar refractivity (Wildman–Crippen MR) is 253 cm³/mol. The second-order valence-corrected chi connectivity index (χ2v) is 16.3. The van der Waals surface area contributed by atoms with Crippen LogP contribution in [0.25, 0.3) is 77.2 Å². The van der Waals surface area contributed by atoms with Crippen LogP contribution < -0.4 is 4.90 Å². The molecule has 284 valence electrons. The van der Waals surface area contributed by atoms with Gasteiger partial charge in [-0.1, -0.05) is 194 Å². The molecule has 10 aromatic carbocycles. The van der Waals surface area contributed by atoms with Crippen molar-refractivity contribution in [2.24, 2.45) is 0 Å². The lowest BCUT2D eigenvalue weighted by Gasteiger charge is -2.31. The molecule has 0 saturated carbocycles. The molecule has 0 atom stereocenters. The van der Waals surface area contributed by atoms with Gasteiger partial charge in [0.2, 0.25) is 0 Å². The number of hydrogen-bond donors (Lipinski definition) is 0. The van der Waals surface area contributed by atoms with E-state index in [2.05, 4.69) is 229 Å². The van der Waals surface area contributed by atoms with E-state index in [9.17, 15) is 0 Å². The van der Waals surface area contributed by atoms with E-state index < -0.39 is 5.41 Å². The van der Waals surface area contributed by atoms with Crippen molar-refractivity contribution >= 4 is 49.8 Å². The molecule has 0 N–H and O–H groups in total. The summed E-state index contributed by atoms with van der Waals surface area (Å²) in [6.07, 6.45) is 0. The van der Waals surface area contributed by atoms with Gasteiger partial charge in [0.05, 0.1) is 16.8 Å². The van der Waals surface area contributed by atoms with Crippen LogP contribution in [0.4, 0.5) is 17.1 Å². The summed E-state index contributed by atoms with van der Waals surface area (Å²) in [6, 6.07) is 82.0. The molecule has 1 heterocycles. The first-order valence-electron chi connectivity index (χ1n) is 21.1. The SMILES string of the molecule is c1ccc(-c2ccc(N(c3cccc4c3-c3ccccc3C43c4ccccc4-c4ccccc43)c3cccc4c3oc3c(-c5ccccc5)cc5ccccc5c34)cc2)cc1. The van der Waals surface area contributed by atoms with Gasteiger partial charge in [-0.25, -0.2) is 0 Å². The van der Waals surface area contributed by atoms with Crippen molar-refractivity contribution in [3.05, 3.63) is 247 Å². The summed E-state index contributed by atoms with van der Waals surface area (Å²) in [7, 11) is 0. The number of hydrogen-bond acceptors (Lipinski definition) is 2. The number of benzene rings is 10. The molecule has 2 heteroatoms. The molecule has 1 aromatic heterocycles. The molecule has 2 nitrogen and oxygen atoms in total. The zero-order valence-electron chi connectivity index (χ0n) is 33.2. The molecule has 13 rings (SSSR count). The van der Waals surface area contributed by atoms with E-state index in [1.165, 1.54) is 66.4 Å². The molecule has 0 saturated heterocycles. The Kier molecular flexibility index (Phi) is 7.26. The van der Waals surface area contributed by atoms with Crippen LogP contribution >= 0.6 is 0 Å². The third-order valence-corrected chi connectivity index (χ3v) is 13.3. The fourth-order valence-corrected chi connectivity index (χ4v) is 10.8. The summed E-state index contributed by atoms with van der Waals surface area (Å²) < 4.78 is 7.33. The Hall–Kier alpha value is -7.94. The van der Waals surface area contributed by atoms with Crippen molar-refractivity contribution in [2.75, 3.05) is 4.90 Å². The Morgan fingerprint density at radius 3 is 1.59 bits per heavy atom. The van der Waals surface area contributed by atoms with Gasteiger partial charge in [-0.05, 0) is 96.7 Å². The normalized spacial score (nSPS) is 13.0. The smallest absolute Gasteiger partial charge is 0.159 e. The van der Waals surface area contributed by atoms with Gasteiger partial charge in [0.15, 0.2) is 5.58 Å². The minimum absolute atomic E-state index is 0.465. The highest BCUT2D eigenvalue weighted by molar-refractivity contribution is 6.24. The average Bonchev–Trinajstić information content (AvgIpc) is 3.98. The quantitative estimate of drug-likeness (QED) is 0.173. The van der Waals surface area contributed by atoms with Gasteiger partial charge in [-0.15, -0.1) is 0 Å². The van der Waals surface area contributed by atoms with Crippen LogP contribution in [0, 0.1) is 0 Å². The lowest BCUT2D eigenvalue weighted by atomic mass is 9.70. The molecule has 0 amide bonds. The van der Waals surface area contributed by atoms with Crippen LogP contribution in [0.1, 0.15) is 22.3 Å². The van der Waals surface area contributed by atoms with Gasteiger partial charge in [-0.2, -0.15) is 0 Å². The van der Waals surface area contributed by atoms with Crippen molar-refractivity contribution in [1.82, 2.24) is 0 Å². The van der Waals surface area contributed by atoms with E-state index in [0.717, 1.165) is 50.1 Å². The molecule has 61 heavy (non-hydrogen) atoms. The first-order valence-corrected chi connectivity index (χ1v) is 21.1. The maximum Gasteiger partial charge on any atom is 0.159 e. The van der Waals surface area contributed by atoms with E-state index in [1.54, 1.807) is 0 Å². The number of rotatable bonds is 5. The van der Waals surface area contributed by atoms with Crippen LogP contribution in [-0.2, 0) is 5.41 Å². The van der Waals surface area contributed by atoms with Crippen LogP contribution in [0.5, 0.6) is 0 Å². The van der Waals surface area contributed by atoms with E-state index in [0.29, 0.717) is 0 Å². The van der Waals surface area contributed by atoms with E-state index in [4.69, 9.17) is 4.42 Å². The highest BCUT2D eigenvalue weighted by Crippen LogP contribution is 2.65. The van der Waals surface area contributed by atoms with Gasteiger partial charge in [0.25, 0.3) is 0 Å². The lowest BCUT2D eigenvalue weighted by Crippen LogP contribution is -2.26. The third kappa shape index (κ3) is 4.73. The summed E-state index contributed by atoms with van der Waals surface area (Å²) in [5, 5.41) is 4.60. The summed E-state index contributed by atoms with van der Waals surface area (Å²) >= 11 is 0. The monoisotopic (exact) mass is 775 g/mol. The van der Waals surface area contributed by atoms with Crippen molar-refractivity contribution in [1.29, 1.82) is 0 Å². The third-order valence-electron chi connectivity index (χ3n) is 13.3. The number of anilines is 3. The average molecular weight is 776 g/mol. The first kappa shape index (κ1) is 34.0. The van der Waals surface area contributed by atoms with Crippen molar-refractivity contribution in [3.8, 4) is 44.5 Å². The largest absolute Gasteiger partial charge is 0.453 e. The zero-order valence-corrected chi connectivity index (χ0v) is 33.2. The van der Waals surface area contributed by atoms with E-state index >= 15 is 0 Å². The van der Waals surface area contributed by atoms with Crippen LogP contribution in [0.15, 0.2) is 229 Å². The van der Waals surface area contributed by atoms with Crippen LogP contribution in [0.3, 0.4) is 0 Å². The van der Waals surface area contributed by atoms with E-state index in [-0.39, 0.29) is 0 Å². The van der Waals surface area contributed by atoms with Gasteiger partial charge in [0, 0.05) is 27.6 Å². The second kappa shape index (κ2) is 13.0. The van der Waals surface area contributed by atoms with Gasteiger partial charge in [0.1, 0.15) is 5.58 Å². The highest BCUT2D eigenvalue weighted by atomic mass is 16.3. The summed E-state index contributed by atoms with van der Waals surface area (Å²) in [4.78, 5) is 2.45. The molecule has 0 bridgehead atoms. The fraction of sp³-hybridized carbons (Fsp3) is 0.0169. The fourth-order valence-electron chi connectivity index (χ4n) is 10.8. The first-order chi connectivity index (χ1) is 30.3. The van der Waals surface area contributed by atoms with Crippen LogP contribution in [-0.4, -0.2) is 0 Å². The zero-order chi connectivity index (χ0) is 40.1. The summed E-state index contributed by atoms with van der Waals surface area (Å²) in [6.45, 7) is 0. The van der Waals surface area contributed by atoms with E-state index in [1.807, 2.05) is 0 Å². The Balaban J connectivity index is 1.13. The molecular formula is C59H37NO. The van der Waals surface area contributed by atoms with Gasteiger partial charge >= 0.3 is 0 Å². The number of para-hydroxylation sites is 1. The molecule has 0 aliphatic heterocycles. The maximum absolute atomic E-state index is 7.33. The molecule has 0 unspecified atom stereocenters. The van der Waals surface area contributed by atoms with Crippen molar-refractivity contribution in [2.45, 2.75) is 5.41 Å². The van der Waals surface area contributed by atoms with Crippen molar-refractivity contribution < 1.29 is 4.42 Å². The minimum atomic E-state index is -0.465. The van der Waals surface area contributed by atoms with Crippen LogP contribution in [0.2, 0.25) is 0 Å². The number of nitrogens with zero attached hydrogens (tertiary/aromatic N) is 1.